The Bertz CT molecular complexity index is 545. The number of halogens is 2. The van der Waals surface area contributed by atoms with Crippen molar-refractivity contribution < 1.29 is 4.39 Å². The Morgan fingerprint density at radius 3 is 2.56 bits per heavy atom. The molecule has 18 heavy (non-hydrogen) atoms. The van der Waals surface area contributed by atoms with Crippen LogP contribution in [-0.4, -0.2) is 6.54 Å². The molecular formula is C14H13BrFNS. The SMILES string of the molecule is NCCc1ccc(Sc2cccc(F)c2)cc1Br. The minimum absolute atomic E-state index is 0.209. The van der Waals surface area contributed by atoms with Gasteiger partial charge in [-0.3, -0.25) is 0 Å². The Labute approximate surface area is 119 Å². The van der Waals surface area contributed by atoms with E-state index in [9.17, 15) is 4.39 Å². The summed E-state index contributed by atoms with van der Waals surface area (Å²) in [4.78, 5) is 1.97. The van der Waals surface area contributed by atoms with Crippen molar-refractivity contribution in [1.29, 1.82) is 0 Å². The lowest BCUT2D eigenvalue weighted by Crippen LogP contribution is -2.03. The van der Waals surface area contributed by atoms with Gasteiger partial charge >= 0.3 is 0 Å². The summed E-state index contributed by atoms with van der Waals surface area (Å²) in [6, 6.07) is 12.7. The highest BCUT2D eigenvalue weighted by molar-refractivity contribution is 9.10. The summed E-state index contributed by atoms with van der Waals surface area (Å²) in [5.41, 5.74) is 6.74. The second-order valence-electron chi connectivity index (χ2n) is 3.85. The molecule has 0 radical (unpaired) electrons. The van der Waals surface area contributed by atoms with Crippen LogP contribution < -0.4 is 5.73 Å². The van der Waals surface area contributed by atoms with E-state index in [-0.39, 0.29) is 5.82 Å². The minimum Gasteiger partial charge on any atom is -0.330 e. The van der Waals surface area contributed by atoms with Crippen molar-refractivity contribution in [2.24, 2.45) is 5.73 Å². The van der Waals surface area contributed by atoms with Crippen LogP contribution in [0.15, 0.2) is 56.7 Å². The van der Waals surface area contributed by atoms with Gasteiger partial charge in [-0.1, -0.05) is 39.8 Å². The molecule has 0 unspecified atom stereocenters. The van der Waals surface area contributed by atoms with E-state index in [1.807, 2.05) is 18.2 Å². The van der Waals surface area contributed by atoms with Crippen molar-refractivity contribution in [2.75, 3.05) is 6.54 Å². The first-order valence-electron chi connectivity index (χ1n) is 5.61. The Morgan fingerprint density at radius 1 is 1.11 bits per heavy atom. The Morgan fingerprint density at radius 2 is 1.89 bits per heavy atom. The fraction of sp³-hybridized carbons (Fsp3) is 0.143. The van der Waals surface area contributed by atoms with E-state index < -0.39 is 0 Å². The fourth-order valence-electron chi connectivity index (χ4n) is 1.62. The first-order valence-corrected chi connectivity index (χ1v) is 7.22. The molecule has 0 saturated carbocycles. The predicted octanol–water partition coefficient (Wildman–Crippen LogP) is 4.24. The van der Waals surface area contributed by atoms with E-state index in [2.05, 4.69) is 22.0 Å². The third-order valence-corrected chi connectivity index (χ3v) is 4.19. The number of nitrogens with two attached hydrogens (primary N) is 1. The highest BCUT2D eigenvalue weighted by Gasteiger charge is 2.03. The molecule has 0 atom stereocenters. The monoisotopic (exact) mass is 325 g/mol. The van der Waals surface area contributed by atoms with Crippen LogP contribution in [0, 0.1) is 5.82 Å². The van der Waals surface area contributed by atoms with Crippen LogP contribution in [0.5, 0.6) is 0 Å². The molecule has 0 bridgehead atoms. The van der Waals surface area contributed by atoms with Crippen LogP contribution in [0.1, 0.15) is 5.56 Å². The average molecular weight is 326 g/mol. The second-order valence-corrected chi connectivity index (χ2v) is 5.85. The van der Waals surface area contributed by atoms with Crippen LogP contribution in [0.25, 0.3) is 0 Å². The highest BCUT2D eigenvalue weighted by Crippen LogP contribution is 2.31. The van der Waals surface area contributed by atoms with Crippen molar-refractivity contribution in [2.45, 2.75) is 16.2 Å². The van der Waals surface area contributed by atoms with Gasteiger partial charge in [0, 0.05) is 14.3 Å². The van der Waals surface area contributed by atoms with Crippen molar-refractivity contribution in [3.63, 3.8) is 0 Å². The van der Waals surface area contributed by atoms with Gasteiger partial charge in [0.1, 0.15) is 5.82 Å². The van der Waals surface area contributed by atoms with Crippen molar-refractivity contribution in [3.05, 3.63) is 58.3 Å². The summed E-state index contributed by atoms with van der Waals surface area (Å²) in [6.45, 7) is 0.634. The van der Waals surface area contributed by atoms with Crippen LogP contribution in [0.2, 0.25) is 0 Å². The molecule has 0 saturated heterocycles. The largest absolute Gasteiger partial charge is 0.330 e. The van der Waals surface area contributed by atoms with E-state index in [0.717, 1.165) is 20.7 Å². The van der Waals surface area contributed by atoms with Gasteiger partial charge in [0.15, 0.2) is 0 Å². The van der Waals surface area contributed by atoms with Gasteiger partial charge in [0.25, 0.3) is 0 Å². The number of hydrogen-bond acceptors (Lipinski definition) is 2. The molecule has 0 aliphatic rings. The molecule has 1 nitrogen and oxygen atoms in total. The van der Waals surface area contributed by atoms with Gasteiger partial charge in [-0.15, -0.1) is 0 Å². The quantitative estimate of drug-likeness (QED) is 0.909. The summed E-state index contributed by atoms with van der Waals surface area (Å²) in [5.74, 6) is -0.209. The highest BCUT2D eigenvalue weighted by atomic mass is 79.9. The lowest BCUT2D eigenvalue weighted by molar-refractivity contribution is 0.624. The molecule has 0 spiro atoms. The summed E-state index contributed by atoms with van der Waals surface area (Å²) in [5, 5.41) is 0. The average Bonchev–Trinajstić information content (AvgIpc) is 2.33. The third kappa shape index (κ3) is 3.57. The molecule has 4 heteroatoms. The van der Waals surface area contributed by atoms with Crippen molar-refractivity contribution in [3.8, 4) is 0 Å². The summed E-state index contributed by atoms with van der Waals surface area (Å²) >= 11 is 5.07. The topological polar surface area (TPSA) is 26.0 Å². The molecular weight excluding hydrogens is 313 g/mol. The van der Waals surface area contributed by atoms with Gasteiger partial charge in [0.2, 0.25) is 0 Å². The van der Waals surface area contributed by atoms with Crippen LogP contribution in [0.4, 0.5) is 4.39 Å². The van der Waals surface area contributed by atoms with Crippen LogP contribution in [-0.2, 0) is 6.42 Å². The van der Waals surface area contributed by atoms with E-state index >= 15 is 0 Å². The van der Waals surface area contributed by atoms with Crippen LogP contribution >= 0.6 is 27.7 Å². The molecule has 0 fully saturated rings. The second kappa shape index (κ2) is 6.36. The zero-order chi connectivity index (χ0) is 13.0. The van der Waals surface area contributed by atoms with E-state index in [1.165, 1.54) is 17.7 Å². The molecule has 2 aromatic rings. The molecule has 2 rings (SSSR count). The molecule has 0 amide bonds. The van der Waals surface area contributed by atoms with Crippen molar-refractivity contribution >= 4 is 27.7 Å². The number of rotatable bonds is 4. The van der Waals surface area contributed by atoms with E-state index in [1.54, 1.807) is 17.8 Å². The molecule has 2 aromatic carbocycles. The zero-order valence-electron chi connectivity index (χ0n) is 9.70. The van der Waals surface area contributed by atoms with E-state index in [0.29, 0.717) is 6.54 Å². The molecule has 0 heterocycles. The zero-order valence-corrected chi connectivity index (χ0v) is 12.1. The lowest BCUT2D eigenvalue weighted by atomic mass is 10.1. The van der Waals surface area contributed by atoms with Gasteiger partial charge < -0.3 is 5.73 Å². The number of benzene rings is 2. The van der Waals surface area contributed by atoms with Gasteiger partial charge in [-0.25, -0.2) is 4.39 Å². The van der Waals surface area contributed by atoms with E-state index in [4.69, 9.17) is 5.73 Å². The molecule has 0 aromatic heterocycles. The Hall–Kier alpha value is -0.840. The normalized spacial score (nSPS) is 10.6. The van der Waals surface area contributed by atoms with Crippen molar-refractivity contribution in [1.82, 2.24) is 0 Å². The van der Waals surface area contributed by atoms with Gasteiger partial charge in [-0.2, -0.15) is 0 Å². The maximum Gasteiger partial charge on any atom is 0.124 e. The molecule has 0 aliphatic heterocycles. The molecule has 2 N–H and O–H groups in total. The number of hydrogen-bond donors (Lipinski definition) is 1. The fourth-order valence-corrected chi connectivity index (χ4v) is 3.25. The Balaban J connectivity index is 2.17. The minimum atomic E-state index is -0.209. The summed E-state index contributed by atoms with van der Waals surface area (Å²) in [7, 11) is 0. The summed E-state index contributed by atoms with van der Waals surface area (Å²) < 4.78 is 14.1. The third-order valence-electron chi connectivity index (χ3n) is 2.47. The van der Waals surface area contributed by atoms with Gasteiger partial charge in [-0.05, 0) is 48.9 Å². The maximum atomic E-state index is 13.1. The predicted molar refractivity (Wildman–Crippen MR) is 77.4 cm³/mol. The first-order chi connectivity index (χ1) is 8.69. The van der Waals surface area contributed by atoms with Crippen LogP contribution in [0.3, 0.4) is 0 Å². The summed E-state index contributed by atoms with van der Waals surface area (Å²) in [6.07, 6.45) is 0.853. The standard InChI is InChI=1S/C14H13BrFNS/c15-14-9-13(5-4-10(14)6-7-17)18-12-3-1-2-11(16)8-12/h1-5,8-9H,6-7,17H2. The lowest BCUT2D eigenvalue weighted by Gasteiger charge is -2.06. The molecule has 0 aliphatic carbocycles. The maximum absolute atomic E-state index is 13.1. The molecule has 94 valence electrons. The smallest absolute Gasteiger partial charge is 0.124 e. The van der Waals surface area contributed by atoms with Gasteiger partial charge in [0.05, 0.1) is 0 Å². The first kappa shape index (κ1) is 13.6. The Kier molecular flexibility index (Phi) is 4.80.